The summed E-state index contributed by atoms with van der Waals surface area (Å²) >= 11 is 0. The molecule has 1 heterocycles. The van der Waals surface area contributed by atoms with E-state index in [1.807, 2.05) is 17.0 Å². The second-order valence-electron chi connectivity index (χ2n) is 7.36. The van der Waals surface area contributed by atoms with Gasteiger partial charge in [-0.3, -0.25) is 9.59 Å². The molecular formula is C23H28N2O2. The summed E-state index contributed by atoms with van der Waals surface area (Å²) in [6.45, 7) is 5.89. The molecule has 0 spiro atoms. The number of rotatable bonds is 7. The molecule has 0 radical (unpaired) electrons. The van der Waals surface area contributed by atoms with E-state index in [1.165, 1.54) is 16.7 Å². The average molecular weight is 364 g/mol. The summed E-state index contributed by atoms with van der Waals surface area (Å²) in [7, 11) is 0. The molecule has 1 saturated heterocycles. The quantitative estimate of drug-likeness (QED) is 0.820. The van der Waals surface area contributed by atoms with Gasteiger partial charge in [-0.25, -0.2) is 0 Å². The molecular weight excluding hydrogens is 336 g/mol. The summed E-state index contributed by atoms with van der Waals surface area (Å²) in [5.74, 6) is -0.194. The molecule has 3 rings (SSSR count). The van der Waals surface area contributed by atoms with Crippen LogP contribution in [-0.4, -0.2) is 29.8 Å². The predicted octanol–water partition coefficient (Wildman–Crippen LogP) is 3.26. The third kappa shape index (κ3) is 5.19. The highest BCUT2D eigenvalue weighted by atomic mass is 16.2. The van der Waals surface area contributed by atoms with Crippen LogP contribution in [0.25, 0.3) is 0 Å². The maximum Gasteiger partial charge on any atom is 0.225 e. The van der Waals surface area contributed by atoms with E-state index >= 15 is 0 Å². The predicted molar refractivity (Wildman–Crippen MR) is 107 cm³/mol. The third-order valence-corrected chi connectivity index (χ3v) is 5.27. The van der Waals surface area contributed by atoms with Crippen molar-refractivity contribution < 1.29 is 9.59 Å². The summed E-state index contributed by atoms with van der Waals surface area (Å²) in [4.78, 5) is 26.5. The van der Waals surface area contributed by atoms with Crippen LogP contribution in [0, 0.1) is 12.8 Å². The number of carbonyl (C=O) groups excluding carboxylic acids is 2. The molecule has 1 fully saturated rings. The number of hydrogen-bond donors (Lipinski definition) is 1. The number of carbonyl (C=O) groups is 2. The molecule has 0 aromatic heterocycles. The SMILES string of the molecule is CCc1ccc(CNC(=O)[C@@H]2CC(=O)N(CCc3ccc(C)cc3)C2)cc1. The first kappa shape index (κ1) is 19.2. The highest BCUT2D eigenvalue weighted by Gasteiger charge is 2.33. The van der Waals surface area contributed by atoms with Crippen molar-refractivity contribution in [2.75, 3.05) is 13.1 Å². The Morgan fingerprint density at radius 2 is 1.67 bits per heavy atom. The van der Waals surface area contributed by atoms with Crippen LogP contribution in [0.1, 0.15) is 35.6 Å². The summed E-state index contributed by atoms with van der Waals surface area (Å²) in [5, 5.41) is 2.98. The van der Waals surface area contributed by atoms with E-state index < -0.39 is 0 Å². The highest BCUT2D eigenvalue weighted by Crippen LogP contribution is 2.19. The van der Waals surface area contributed by atoms with Gasteiger partial charge in [0.25, 0.3) is 0 Å². The van der Waals surface area contributed by atoms with Crippen LogP contribution in [0.15, 0.2) is 48.5 Å². The van der Waals surface area contributed by atoms with Gasteiger partial charge >= 0.3 is 0 Å². The maximum absolute atomic E-state index is 12.5. The maximum atomic E-state index is 12.5. The van der Waals surface area contributed by atoms with Gasteiger partial charge in [-0.05, 0) is 36.5 Å². The minimum absolute atomic E-state index is 0.0271. The van der Waals surface area contributed by atoms with Crippen LogP contribution in [0.2, 0.25) is 0 Å². The number of aryl methyl sites for hydroxylation is 2. The van der Waals surface area contributed by atoms with E-state index in [0.717, 1.165) is 18.4 Å². The summed E-state index contributed by atoms with van der Waals surface area (Å²) < 4.78 is 0. The fraction of sp³-hybridized carbons (Fsp3) is 0.391. The molecule has 4 heteroatoms. The molecule has 2 aromatic rings. The zero-order valence-corrected chi connectivity index (χ0v) is 16.2. The van der Waals surface area contributed by atoms with Crippen molar-refractivity contribution in [2.45, 2.75) is 39.7 Å². The Bertz CT molecular complexity index is 781. The molecule has 4 nitrogen and oxygen atoms in total. The topological polar surface area (TPSA) is 49.4 Å². The van der Waals surface area contributed by atoms with Crippen molar-refractivity contribution in [3.8, 4) is 0 Å². The second-order valence-corrected chi connectivity index (χ2v) is 7.36. The Balaban J connectivity index is 1.47. The second kappa shape index (κ2) is 8.85. The fourth-order valence-electron chi connectivity index (χ4n) is 3.41. The molecule has 0 bridgehead atoms. The van der Waals surface area contributed by atoms with E-state index in [-0.39, 0.29) is 17.7 Å². The molecule has 1 aliphatic rings. The van der Waals surface area contributed by atoms with Gasteiger partial charge in [-0.1, -0.05) is 61.0 Å². The van der Waals surface area contributed by atoms with E-state index in [4.69, 9.17) is 0 Å². The Labute approximate surface area is 161 Å². The van der Waals surface area contributed by atoms with Crippen molar-refractivity contribution in [2.24, 2.45) is 5.92 Å². The van der Waals surface area contributed by atoms with Crippen LogP contribution in [0.3, 0.4) is 0 Å². The zero-order valence-electron chi connectivity index (χ0n) is 16.2. The molecule has 2 amide bonds. The van der Waals surface area contributed by atoms with Crippen molar-refractivity contribution in [1.82, 2.24) is 10.2 Å². The Morgan fingerprint density at radius 3 is 2.33 bits per heavy atom. The molecule has 1 aliphatic heterocycles. The van der Waals surface area contributed by atoms with E-state index in [2.05, 4.69) is 55.6 Å². The standard InChI is InChI=1S/C23H28N2O2/c1-3-18-8-10-20(11-9-18)15-24-23(27)21-14-22(26)25(16-21)13-12-19-6-4-17(2)5-7-19/h4-11,21H,3,12-16H2,1-2H3,(H,24,27)/t21-/m1/s1. The largest absolute Gasteiger partial charge is 0.352 e. The Hall–Kier alpha value is -2.62. The molecule has 0 saturated carbocycles. The van der Waals surface area contributed by atoms with Gasteiger partial charge in [0.15, 0.2) is 0 Å². The smallest absolute Gasteiger partial charge is 0.225 e. The van der Waals surface area contributed by atoms with Gasteiger partial charge in [-0.15, -0.1) is 0 Å². The molecule has 2 aromatic carbocycles. The molecule has 1 N–H and O–H groups in total. The van der Waals surface area contributed by atoms with Crippen LogP contribution < -0.4 is 5.32 Å². The highest BCUT2D eigenvalue weighted by molar-refractivity contribution is 5.89. The normalized spacial score (nSPS) is 16.6. The fourth-order valence-corrected chi connectivity index (χ4v) is 3.41. The van der Waals surface area contributed by atoms with Gasteiger partial charge in [0, 0.05) is 26.1 Å². The first-order valence-electron chi connectivity index (χ1n) is 9.74. The third-order valence-electron chi connectivity index (χ3n) is 5.27. The first-order chi connectivity index (χ1) is 13.0. The average Bonchev–Trinajstić information content (AvgIpc) is 3.07. The van der Waals surface area contributed by atoms with Crippen molar-refractivity contribution in [1.29, 1.82) is 0 Å². The van der Waals surface area contributed by atoms with Gasteiger partial charge in [-0.2, -0.15) is 0 Å². The monoisotopic (exact) mass is 364 g/mol. The summed E-state index contributed by atoms with van der Waals surface area (Å²) in [6.07, 6.45) is 2.15. The van der Waals surface area contributed by atoms with E-state index in [0.29, 0.717) is 26.1 Å². The van der Waals surface area contributed by atoms with Crippen LogP contribution >= 0.6 is 0 Å². The zero-order chi connectivity index (χ0) is 19.2. The number of nitrogens with zero attached hydrogens (tertiary/aromatic N) is 1. The summed E-state index contributed by atoms with van der Waals surface area (Å²) in [5.41, 5.74) is 4.82. The van der Waals surface area contributed by atoms with Gasteiger partial charge in [0.05, 0.1) is 5.92 Å². The molecule has 0 unspecified atom stereocenters. The van der Waals surface area contributed by atoms with Crippen LogP contribution in [0.5, 0.6) is 0 Å². The Kier molecular flexibility index (Phi) is 6.28. The summed E-state index contributed by atoms with van der Waals surface area (Å²) in [6, 6.07) is 16.7. The molecule has 142 valence electrons. The van der Waals surface area contributed by atoms with Crippen molar-refractivity contribution in [3.63, 3.8) is 0 Å². The molecule has 1 atom stereocenters. The van der Waals surface area contributed by atoms with Gasteiger partial charge < -0.3 is 10.2 Å². The van der Waals surface area contributed by atoms with Crippen molar-refractivity contribution in [3.05, 3.63) is 70.8 Å². The van der Waals surface area contributed by atoms with Gasteiger partial charge in [0.1, 0.15) is 0 Å². The number of benzene rings is 2. The van der Waals surface area contributed by atoms with Crippen LogP contribution in [-0.2, 0) is 29.0 Å². The number of hydrogen-bond acceptors (Lipinski definition) is 2. The molecule has 27 heavy (non-hydrogen) atoms. The molecule has 0 aliphatic carbocycles. The number of likely N-dealkylation sites (tertiary alicyclic amines) is 1. The number of nitrogens with one attached hydrogen (secondary N) is 1. The van der Waals surface area contributed by atoms with Crippen LogP contribution in [0.4, 0.5) is 0 Å². The lowest BCUT2D eigenvalue weighted by Crippen LogP contribution is -2.33. The van der Waals surface area contributed by atoms with E-state index in [9.17, 15) is 9.59 Å². The Morgan fingerprint density at radius 1 is 1.04 bits per heavy atom. The lowest BCUT2D eigenvalue weighted by atomic mass is 10.1. The minimum Gasteiger partial charge on any atom is -0.352 e. The first-order valence-corrected chi connectivity index (χ1v) is 9.74. The van der Waals surface area contributed by atoms with E-state index in [1.54, 1.807) is 0 Å². The minimum atomic E-state index is -0.245. The van der Waals surface area contributed by atoms with Crippen molar-refractivity contribution >= 4 is 11.8 Å². The number of amides is 2. The lowest BCUT2D eigenvalue weighted by molar-refractivity contribution is -0.129. The van der Waals surface area contributed by atoms with Gasteiger partial charge in [0.2, 0.25) is 11.8 Å². The lowest BCUT2D eigenvalue weighted by Gasteiger charge is -2.16.